The Morgan fingerprint density at radius 2 is 1.66 bits per heavy atom. The molecule has 0 saturated heterocycles. The smallest absolute Gasteiger partial charge is 0.311 e. The first-order chi connectivity index (χ1) is 15.7. The molecule has 1 atom stereocenters. The van der Waals surface area contributed by atoms with Crippen LogP contribution < -0.4 is 4.74 Å². The topological polar surface area (TPSA) is 54.3 Å². The maximum atomic E-state index is 12.3. The minimum atomic E-state index is -0.223. The molecule has 0 saturated carbocycles. The van der Waals surface area contributed by atoms with E-state index in [1.54, 1.807) is 7.11 Å². The third-order valence-electron chi connectivity index (χ3n) is 5.45. The summed E-state index contributed by atoms with van der Waals surface area (Å²) >= 11 is 1.14. The Morgan fingerprint density at radius 1 is 0.969 bits per heavy atom. The summed E-state index contributed by atoms with van der Waals surface area (Å²) in [6.45, 7) is 0. The van der Waals surface area contributed by atoms with Crippen LogP contribution in [-0.4, -0.2) is 28.9 Å². The summed E-state index contributed by atoms with van der Waals surface area (Å²) in [5, 5.41) is 6.63. The summed E-state index contributed by atoms with van der Waals surface area (Å²) in [6.07, 6.45) is 2.71. The molecule has 0 bridgehead atoms. The number of rotatable bonds is 4. The van der Waals surface area contributed by atoms with Crippen LogP contribution in [0.1, 0.15) is 29.2 Å². The predicted octanol–water partition coefficient (Wildman–Crippen LogP) is 6.15. The third-order valence-corrected chi connectivity index (χ3v) is 6.23. The van der Waals surface area contributed by atoms with Gasteiger partial charge in [-0.25, -0.2) is 5.01 Å². The Balaban J connectivity index is 1.56. The van der Waals surface area contributed by atoms with Crippen LogP contribution in [0.4, 0.5) is 4.79 Å². The molecular weight excluding hydrogens is 418 g/mol. The van der Waals surface area contributed by atoms with Crippen LogP contribution in [0.25, 0.3) is 6.08 Å². The number of amides is 1. The van der Waals surface area contributed by atoms with Crippen molar-refractivity contribution in [3.8, 4) is 5.75 Å². The lowest BCUT2D eigenvalue weighted by molar-refractivity contribution is 0.267. The molecule has 2 heterocycles. The quantitative estimate of drug-likeness (QED) is 0.489. The van der Waals surface area contributed by atoms with Crippen molar-refractivity contribution in [3.05, 3.63) is 107 Å². The molecule has 2 aliphatic heterocycles. The Bertz CT molecular complexity index is 1220. The fourth-order valence-electron chi connectivity index (χ4n) is 3.86. The zero-order valence-corrected chi connectivity index (χ0v) is 18.3. The van der Waals surface area contributed by atoms with E-state index >= 15 is 0 Å². The van der Waals surface area contributed by atoms with Crippen molar-refractivity contribution in [2.24, 2.45) is 10.1 Å². The highest BCUT2D eigenvalue weighted by molar-refractivity contribution is 8.18. The number of amidine groups is 1. The van der Waals surface area contributed by atoms with Crippen LogP contribution in [0, 0.1) is 0 Å². The van der Waals surface area contributed by atoms with Crippen LogP contribution in [0.15, 0.2) is 99.9 Å². The molecule has 0 aliphatic carbocycles. The van der Waals surface area contributed by atoms with Crippen molar-refractivity contribution < 1.29 is 9.53 Å². The van der Waals surface area contributed by atoms with Crippen molar-refractivity contribution >= 4 is 34.6 Å². The second-order valence-electron chi connectivity index (χ2n) is 7.47. The molecule has 0 aromatic heterocycles. The van der Waals surface area contributed by atoms with Crippen molar-refractivity contribution in [1.29, 1.82) is 0 Å². The van der Waals surface area contributed by atoms with Gasteiger partial charge >= 0.3 is 5.24 Å². The van der Waals surface area contributed by atoms with Gasteiger partial charge in [0.05, 0.1) is 23.8 Å². The van der Waals surface area contributed by atoms with Crippen LogP contribution >= 0.6 is 11.8 Å². The summed E-state index contributed by atoms with van der Waals surface area (Å²) < 4.78 is 5.32. The first-order valence-electron chi connectivity index (χ1n) is 10.3. The van der Waals surface area contributed by atoms with Gasteiger partial charge in [-0.1, -0.05) is 72.8 Å². The van der Waals surface area contributed by atoms with Gasteiger partial charge in [-0.2, -0.15) is 10.1 Å². The summed E-state index contributed by atoms with van der Waals surface area (Å²) in [5.41, 5.74) is 4.15. The number of hydrogen-bond acceptors (Lipinski definition) is 5. The number of hydrogen-bond donors (Lipinski definition) is 0. The van der Waals surface area contributed by atoms with Crippen LogP contribution in [-0.2, 0) is 0 Å². The van der Waals surface area contributed by atoms with Crippen LogP contribution in [0.5, 0.6) is 5.75 Å². The van der Waals surface area contributed by atoms with Gasteiger partial charge in [-0.05, 0) is 46.7 Å². The van der Waals surface area contributed by atoms with Crippen molar-refractivity contribution in [2.75, 3.05) is 7.11 Å². The Kier molecular flexibility index (Phi) is 5.60. The predicted molar refractivity (Wildman–Crippen MR) is 130 cm³/mol. The molecule has 3 aromatic carbocycles. The lowest BCUT2D eigenvalue weighted by Gasteiger charge is -2.24. The standard InChI is InChI=1S/C26H21N3O2S/c1-31-21-14-12-20(13-15-21)23-17-22(19-10-6-3-7-11-19)28-29(23)25-24(32-26(30)27-25)16-18-8-4-2-5-9-18/h2-16,23H,17H2,1H3/b24-16-/t23-/m0/s1. The third kappa shape index (κ3) is 4.09. The number of hydrazone groups is 1. The fraction of sp³-hybridized carbons (Fsp3) is 0.115. The number of nitrogens with zero attached hydrogens (tertiary/aromatic N) is 3. The molecule has 158 valence electrons. The van der Waals surface area contributed by atoms with Gasteiger partial charge in [0.15, 0.2) is 5.84 Å². The summed E-state index contributed by atoms with van der Waals surface area (Å²) in [7, 11) is 1.66. The molecule has 0 fully saturated rings. The molecule has 6 heteroatoms. The van der Waals surface area contributed by atoms with E-state index in [4.69, 9.17) is 9.84 Å². The van der Waals surface area contributed by atoms with Gasteiger partial charge in [0.1, 0.15) is 5.75 Å². The monoisotopic (exact) mass is 439 g/mol. The molecule has 0 N–H and O–H groups in total. The second-order valence-corrected chi connectivity index (χ2v) is 8.47. The lowest BCUT2D eigenvalue weighted by atomic mass is 9.98. The molecule has 0 radical (unpaired) electrons. The molecule has 0 unspecified atom stereocenters. The molecule has 0 spiro atoms. The van der Waals surface area contributed by atoms with E-state index in [2.05, 4.69) is 17.1 Å². The average Bonchev–Trinajstić information content (AvgIpc) is 3.44. The lowest BCUT2D eigenvalue weighted by Crippen LogP contribution is -2.26. The van der Waals surface area contributed by atoms with Crippen molar-refractivity contribution in [3.63, 3.8) is 0 Å². The fourth-order valence-corrected chi connectivity index (χ4v) is 4.60. The van der Waals surface area contributed by atoms with E-state index in [0.717, 1.165) is 44.8 Å². The number of carbonyl (C=O) groups is 1. The van der Waals surface area contributed by atoms with Gasteiger partial charge in [0, 0.05) is 6.42 Å². The molecule has 2 aliphatic rings. The first-order valence-corrected chi connectivity index (χ1v) is 11.2. The van der Waals surface area contributed by atoms with E-state index < -0.39 is 0 Å². The maximum Gasteiger partial charge on any atom is 0.311 e. The average molecular weight is 440 g/mol. The second kappa shape index (κ2) is 8.85. The Morgan fingerprint density at radius 3 is 2.34 bits per heavy atom. The number of carbonyl (C=O) groups excluding carboxylic acids is 1. The van der Waals surface area contributed by atoms with Crippen molar-refractivity contribution in [2.45, 2.75) is 12.5 Å². The molecule has 32 heavy (non-hydrogen) atoms. The van der Waals surface area contributed by atoms with Gasteiger partial charge in [-0.15, -0.1) is 0 Å². The maximum absolute atomic E-state index is 12.3. The number of thioether (sulfide) groups is 1. The van der Waals surface area contributed by atoms with E-state index in [0.29, 0.717) is 12.3 Å². The van der Waals surface area contributed by atoms with Gasteiger partial charge in [0.25, 0.3) is 0 Å². The highest BCUT2D eigenvalue weighted by atomic mass is 32.2. The van der Waals surface area contributed by atoms with E-state index in [1.807, 2.05) is 83.9 Å². The molecular formula is C26H21N3O2S. The normalized spacial score (nSPS) is 19.3. The van der Waals surface area contributed by atoms with E-state index in [-0.39, 0.29) is 11.3 Å². The SMILES string of the molecule is COc1ccc([C@@H]2CC(c3ccccc3)=NN2C2=NC(=O)S/C2=C\c2ccccc2)cc1. The highest BCUT2D eigenvalue weighted by Gasteiger charge is 2.36. The number of ether oxygens (including phenoxy) is 1. The molecule has 5 rings (SSSR count). The summed E-state index contributed by atoms with van der Waals surface area (Å²) in [6, 6.07) is 28.0. The molecule has 3 aromatic rings. The van der Waals surface area contributed by atoms with Gasteiger partial charge in [0.2, 0.25) is 0 Å². The van der Waals surface area contributed by atoms with E-state index in [1.165, 1.54) is 0 Å². The minimum Gasteiger partial charge on any atom is -0.497 e. The Hall–Kier alpha value is -3.64. The number of benzene rings is 3. The van der Waals surface area contributed by atoms with Crippen molar-refractivity contribution in [1.82, 2.24) is 5.01 Å². The van der Waals surface area contributed by atoms with Gasteiger partial charge in [-0.3, -0.25) is 4.79 Å². The summed E-state index contributed by atoms with van der Waals surface area (Å²) in [5.74, 6) is 1.40. The zero-order chi connectivity index (χ0) is 21.9. The number of methoxy groups -OCH3 is 1. The summed E-state index contributed by atoms with van der Waals surface area (Å²) in [4.78, 5) is 17.5. The Labute approximate surface area is 191 Å². The van der Waals surface area contributed by atoms with Crippen LogP contribution in [0.2, 0.25) is 0 Å². The minimum absolute atomic E-state index is 0.0689. The first kappa shape index (κ1) is 20.3. The molecule has 5 nitrogen and oxygen atoms in total. The highest BCUT2D eigenvalue weighted by Crippen LogP contribution is 2.39. The van der Waals surface area contributed by atoms with Crippen LogP contribution in [0.3, 0.4) is 0 Å². The zero-order valence-electron chi connectivity index (χ0n) is 17.5. The number of aliphatic imine (C=N–C) groups is 1. The van der Waals surface area contributed by atoms with Gasteiger partial charge < -0.3 is 4.74 Å². The largest absolute Gasteiger partial charge is 0.497 e. The van der Waals surface area contributed by atoms with E-state index in [9.17, 15) is 4.79 Å². The molecule has 1 amide bonds.